The van der Waals surface area contributed by atoms with Crippen molar-refractivity contribution in [3.63, 3.8) is 0 Å². The Kier molecular flexibility index (Phi) is 6.72. The van der Waals surface area contributed by atoms with Crippen LogP contribution in [-0.4, -0.2) is 86.2 Å². The van der Waals surface area contributed by atoms with E-state index in [1.807, 2.05) is 4.90 Å². The fraction of sp³-hybridized carbons (Fsp3) is 0.944. The molecule has 23 heavy (non-hydrogen) atoms. The van der Waals surface area contributed by atoms with Gasteiger partial charge in [0.15, 0.2) is 0 Å². The molecule has 132 valence electrons. The summed E-state index contributed by atoms with van der Waals surface area (Å²) >= 11 is 0. The summed E-state index contributed by atoms with van der Waals surface area (Å²) in [6.45, 7) is 9.53. The van der Waals surface area contributed by atoms with E-state index < -0.39 is 0 Å². The van der Waals surface area contributed by atoms with E-state index in [0.29, 0.717) is 25.7 Å². The predicted octanol–water partition coefficient (Wildman–Crippen LogP) is 1.43. The normalized spacial score (nSPS) is 28.5. The zero-order valence-electron chi connectivity index (χ0n) is 14.5. The molecule has 0 radical (unpaired) electrons. The van der Waals surface area contributed by atoms with Crippen molar-refractivity contribution in [1.82, 2.24) is 14.7 Å². The van der Waals surface area contributed by atoms with E-state index in [-0.39, 0.29) is 0 Å². The second-order valence-electron chi connectivity index (χ2n) is 7.45. The SMILES string of the molecule is O=C(CN1CCC[C@H](CN2CCCCCC2)C1)N1CCOCC1. The third-order valence-electron chi connectivity index (χ3n) is 5.54. The Labute approximate surface area is 140 Å². The number of morpholine rings is 1. The number of nitrogens with zero attached hydrogens (tertiary/aromatic N) is 3. The van der Waals surface area contributed by atoms with Crippen molar-refractivity contribution in [2.45, 2.75) is 38.5 Å². The first-order valence-corrected chi connectivity index (χ1v) is 9.61. The zero-order chi connectivity index (χ0) is 15.9. The number of piperidine rings is 1. The highest BCUT2D eigenvalue weighted by molar-refractivity contribution is 5.78. The average Bonchev–Trinajstić information content (AvgIpc) is 2.85. The third kappa shape index (κ3) is 5.44. The lowest BCUT2D eigenvalue weighted by Gasteiger charge is -2.36. The minimum absolute atomic E-state index is 0.295. The lowest BCUT2D eigenvalue weighted by Crippen LogP contribution is -2.48. The average molecular weight is 323 g/mol. The lowest BCUT2D eigenvalue weighted by molar-refractivity contribution is -0.136. The van der Waals surface area contributed by atoms with Crippen LogP contribution in [0.25, 0.3) is 0 Å². The Morgan fingerprint density at radius 3 is 2.30 bits per heavy atom. The third-order valence-corrected chi connectivity index (χ3v) is 5.54. The molecule has 3 heterocycles. The first kappa shape index (κ1) is 17.2. The van der Waals surface area contributed by atoms with Crippen LogP contribution in [0.4, 0.5) is 0 Å². The summed E-state index contributed by atoms with van der Waals surface area (Å²) in [6, 6.07) is 0. The van der Waals surface area contributed by atoms with Gasteiger partial charge in [0.25, 0.3) is 0 Å². The summed E-state index contributed by atoms with van der Waals surface area (Å²) in [5, 5.41) is 0. The van der Waals surface area contributed by atoms with Gasteiger partial charge >= 0.3 is 0 Å². The molecule has 0 unspecified atom stereocenters. The van der Waals surface area contributed by atoms with Crippen LogP contribution in [0.1, 0.15) is 38.5 Å². The molecule has 5 heteroatoms. The van der Waals surface area contributed by atoms with Gasteiger partial charge in [-0.2, -0.15) is 0 Å². The van der Waals surface area contributed by atoms with Crippen LogP contribution in [0.3, 0.4) is 0 Å². The number of carbonyl (C=O) groups excluding carboxylic acids is 1. The van der Waals surface area contributed by atoms with Gasteiger partial charge in [0.2, 0.25) is 5.91 Å². The summed E-state index contributed by atoms with van der Waals surface area (Å²) < 4.78 is 5.34. The highest BCUT2D eigenvalue weighted by Gasteiger charge is 2.25. The van der Waals surface area contributed by atoms with Gasteiger partial charge in [-0.15, -0.1) is 0 Å². The molecule has 0 aromatic carbocycles. The van der Waals surface area contributed by atoms with Crippen LogP contribution in [0.5, 0.6) is 0 Å². The molecule has 0 N–H and O–H groups in total. The number of ether oxygens (including phenoxy) is 1. The molecule has 0 aliphatic carbocycles. The van der Waals surface area contributed by atoms with Gasteiger partial charge in [-0.3, -0.25) is 9.69 Å². The highest BCUT2D eigenvalue weighted by atomic mass is 16.5. The van der Waals surface area contributed by atoms with E-state index in [9.17, 15) is 4.79 Å². The van der Waals surface area contributed by atoms with Gasteiger partial charge in [0.1, 0.15) is 0 Å². The maximum atomic E-state index is 12.4. The maximum Gasteiger partial charge on any atom is 0.236 e. The van der Waals surface area contributed by atoms with Crippen molar-refractivity contribution in [3.05, 3.63) is 0 Å². The van der Waals surface area contributed by atoms with Crippen LogP contribution in [-0.2, 0) is 9.53 Å². The molecule has 1 amide bonds. The maximum absolute atomic E-state index is 12.4. The number of likely N-dealkylation sites (tertiary alicyclic amines) is 2. The summed E-state index contributed by atoms with van der Waals surface area (Å²) in [5.41, 5.74) is 0. The highest BCUT2D eigenvalue weighted by Crippen LogP contribution is 2.20. The molecule has 0 spiro atoms. The van der Waals surface area contributed by atoms with Crippen LogP contribution in [0.15, 0.2) is 0 Å². The molecule has 3 saturated heterocycles. The molecule has 1 atom stereocenters. The molecule has 0 aromatic heterocycles. The largest absolute Gasteiger partial charge is 0.378 e. The van der Waals surface area contributed by atoms with Gasteiger partial charge in [0, 0.05) is 26.2 Å². The molecule has 3 rings (SSSR count). The molecule has 5 nitrogen and oxygen atoms in total. The Morgan fingerprint density at radius 2 is 1.57 bits per heavy atom. The van der Waals surface area contributed by atoms with E-state index in [4.69, 9.17) is 4.74 Å². The van der Waals surface area contributed by atoms with Crippen LogP contribution >= 0.6 is 0 Å². The molecule has 0 aromatic rings. The Morgan fingerprint density at radius 1 is 0.870 bits per heavy atom. The van der Waals surface area contributed by atoms with Crippen molar-refractivity contribution in [2.75, 3.05) is 65.6 Å². The van der Waals surface area contributed by atoms with E-state index >= 15 is 0 Å². The molecule has 0 saturated carbocycles. The van der Waals surface area contributed by atoms with Crippen molar-refractivity contribution >= 4 is 5.91 Å². The zero-order valence-corrected chi connectivity index (χ0v) is 14.5. The molecule has 3 aliphatic heterocycles. The predicted molar refractivity (Wildman–Crippen MR) is 91.5 cm³/mol. The van der Waals surface area contributed by atoms with Crippen molar-refractivity contribution in [2.24, 2.45) is 5.92 Å². The molecule has 3 aliphatic rings. The van der Waals surface area contributed by atoms with Crippen molar-refractivity contribution in [3.8, 4) is 0 Å². The van der Waals surface area contributed by atoms with Gasteiger partial charge in [0.05, 0.1) is 19.8 Å². The second-order valence-corrected chi connectivity index (χ2v) is 7.45. The van der Waals surface area contributed by atoms with Gasteiger partial charge in [-0.1, -0.05) is 12.8 Å². The monoisotopic (exact) mass is 323 g/mol. The quantitative estimate of drug-likeness (QED) is 0.784. The number of rotatable bonds is 4. The number of carbonyl (C=O) groups is 1. The fourth-order valence-electron chi connectivity index (χ4n) is 4.23. The summed E-state index contributed by atoms with van der Waals surface area (Å²) in [4.78, 5) is 19.5. The summed E-state index contributed by atoms with van der Waals surface area (Å²) in [6.07, 6.45) is 8.12. The minimum atomic E-state index is 0.295. The molecular formula is C18H33N3O2. The molecule has 0 bridgehead atoms. The number of amides is 1. The number of hydrogen-bond acceptors (Lipinski definition) is 4. The van der Waals surface area contributed by atoms with Gasteiger partial charge in [-0.05, 0) is 51.2 Å². The van der Waals surface area contributed by atoms with Crippen LogP contribution < -0.4 is 0 Å². The van der Waals surface area contributed by atoms with Crippen LogP contribution in [0.2, 0.25) is 0 Å². The minimum Gasteiger partial charge on any atom is -0.378 e. The van der Waals surface area contributed by atoms with Gasteiger partial charge < -0.3 is 14.5 Å². The lowest BCUT2D eigenvalue weighted by atomic mass is 9.97. The van der Waals surface area contributed by atoms with E-state index in [2.05, 4.69) is 9.80 Å². The molecule has 3 fully saturated rings. The number of hydrogen-bond donors (Lipinski definition) is 0. The van der Waals surface area contributed by atoms with Crippen molar-refractivity contribution < 1.29 is 9.53 Å². The standard InChI is InChI=1S/C18H33N3O2/c22-18(21-10-12-23-13-11-21)16-20-9-5-6-17(15-20)14-19-7-3-1-2-4-8-19/h17H,1-16H2/t17-/m1/s1. The Hall–Kier alpha value is -0.650. The Bertz CT molecular complexity index is 363. The first-order chi connectivity index (χ1) is 11.3. The molecular weight excluding hydrogens is 290 g/mol. The first-order valence-electron chi connectivity index (χ1n) is 9.61. The van der Waals surface area contributed by atoms with E-state index in [0.717, 1.165) is 32.1 Å². The van der Waals surface area contributed by atoms with E-state index in [1.165, 1.54) is 58.2 Å². The fourth-order valence-corrected chi connectivity index (χ4v) is 4.23. The topological polar surface area (TPSA) is 36.0 Å². The van der Waals surface area contributed by atoms with Gasteiger partial charge in [-0.25, -0.2) is 0 Å². The smallest absolute Gasteiger partial charge is 0.236 e. The van der Waals surface area contributed by atoms with Crippen LogP contribution in [0, 0.1) is 5.92 Å². The summed E-state index contributed by atoms with van der Waals surface area (Å²) in [7, 11) is 0. The Balaban J connectivity index is 1.42. The second kappa shape index (κ2) is 9.00. The van der Waals surface area contributed by atoms with Crippen molar-refractivity contribution in [1.29, 1.82) is 0 Å². The van der Waals surface area contributed by atoms with E-state index in [1.54, 1.807) is 0 Å². The summed E-state index contributed by atoms with van der Waals surface area (Å²) in [5.74, 6) is 1.04.